The Morgan fingerprint density at radius 2 is 2.00 bits per heavy atom. The average molecular weight is 278 g/mol. The lowest BCUT2D eigenvalue weighted by atomic mass is 9.77. The zero-order chi connectivity index (χ0) is 14.9. The van der Waals surface area contributed by atoms with Gasteiger partial charge in [-0.3, -0.25) is 4.79 Å². The van der Waals surface area contributed by atoms with E-state index in [0.29, 0.717) is 17.4 Å². The first kappa shape index (κ1) is 14.8. The molecule has 2 rings (SSSR count). The van der Waals surface area contributed by atoms with Crippen molar-refractivity contribution in [1.29, 1.82) is 0 Å². The number of carboxylic acid groups (broad SMARTS) is 1. The van der Waals surface area contributed by atoms with Crippen molar-refractivity contribution < 1.29 is 9.90 Å². The molecule has 0 spiro atoms. The minimum absolute atomic E-state index is 0.0882. The van der Waals surface area contributed by atoms with Gasteiger partial charge in [-0.25, -0.2) is 9.78 Å². The summed E-state index contributed by atoms with van der Waals surface area (Å²) in [4.78, 5) is 30.2. The van der Waals surface area contributed by atoms with Crippen LogP contribution in [0.25, 0.3) is 0 Å². The van der Waals surface area contributed by atoms with Crippen molar-refractivity contribution >= 4 is 5.97 Å². The molecule has 5 heteroatoms. The number of carboxylic acids is 1. The summed E-state index contributed by atoms with van der Waals surface area (Å²) in [6.45, 7) is 5.92. The number of hydrogen-bond donors (Lipinski definition) is 2. The maximum absolute atomic E-state index is 12.0. The van der Waals surface area contributed by atoms with Crippen LogP contribution in [-0.2, 0) is 5.41 Å². The van der Waals surface area contributed by atoms with Gasteiger partial charge in [0.2, 0.25) is 0 Å². The Morgan fingerprint density at radius 1 is 1.40 bits per heavy atom. The van der Waals surface area contributed by atoms with Crippen molar-refractivity contribution in [2.45, 2.75) is 58.3 Å². The molecule has 0 atom stereocenters. The lowest BCUT2D eigenvalue weighted by Crippen LogP contribution is -2.32. The van der Waals surface area contributed by atoms with Crippen molar-refractivity contribution in [2.24, 2.45) is 5.92 Å². The van der Waals surface area contributed by atoms with E-state index in [0.717, 1.165) is 32.1 Å². The van der Waals surface area contributed by atoms with Crippen LogP contribution in [0.15, 0.2) is 4.79 Å². The Hall–Kier alpha value is -1.65. The summed E-state index contributed by atoms with van der Waals surface area (Å²) in [6, 6.07) is 0. The van der Waals surface area contributed by atoms with Crippen LogP contribution in [0.4, 0.5) is 0 Å². The highest BCUT2D eigenvalue weighted by molar-refractivity contribution is 5.88. The smallest absolute Gasteiger partial charge is 0.343 e. The van der Waals surface area contributed by atoms with Crippen molar-refractivity contribution in [3.05, 3.63) is 27.4 Å². The van der Waals surface area contributed by atoms with Gasteiger partial charge in [0.15, 0.2) is 0 Å². The molecule has 1 aliphatic carbocycles. The maximum atomic E-state index is 12.0. The normalized spacial score (nSPS) is 17.6. The predicted octanol–water partition coefficient (Wildman–Crippen LogP) is 2.63. The van der Waals surface area contributed by atoms with Crippen molar-refractivity contribution in [3.8, 4) is 0 Å². The standard InChI is InChI=1S/C15H22N2O3/c1-9(2)8-15(6-4-5-7-15)14-16-10(3)11(13(19)20)12(18)17-14/h9H,4-8H2,1-3H3,(H,19,20)(H,16,17,18). The number of aryl methyl sites for hydroxylation is 1. The molecule has 0 aliphatic heterocycles. The number of H-pyrrole nitrogens is 1. The number of rotatable bonds is 4. The van der Waals surface area contributed by atoms with Crippen LogP contribution in [0.1, 0.15) is 67.8 Å². The van der Waals surface area contributed by atoms with Crippen LogP contribution in [0, 0.1) is 12.8 Å². The van der Waals surface area contributed by atoms with E-state index < -0.39 is 11.5 Å². The van der Waals surface area contributed by atoms with E-state index in [1.54, 1.807) is 6.92 Å². The summed E-state index contributed by atoms with van der Waals surface area (Å²) in [6.07, 6.45) is 5.27. The van der Waals surface area contributed by atoms with Gasteiger partial charge in [0.05, 0.1) is 5.69 Å². The zero-order valence-electron chi connectivity index (χ0n) is 12.3. The van der Waals surface area contributed by atoms with Crippen LogP contribution < -0.4 is 5.56 Å². The second-order valence-electron chi connectivity index (χ2n) is 6.27. The zero-order valence-corrected chi connectivity index (χ0v) is 12.3. The summed E-state index contributed by atoms with van der Waals surface area (Å²) in [5.74, 6) is -0.0267. The summed E-state index contributed by atoms with van der Waals surface area (Å²) < 4.78 is 0. The Balaban J connectivity index is 2.51. The number of hydrogen-bond acceptors (Lipinski definition) is 3. The molecule has 0 aromatic carbocycles. The molecule has 1 aromatic rings. The Labute approximate surface area is 118 Å². The fourth-order valence-corrected chi connectivity index (χ4v) is 3.46. The lowest BCUT2D eigenvalue weighted by molar-refractivity contribution is 0.0693. The third-order valence-corrected chi connectivity index (χ3v) is 4.18. The van der Waals surface area contributed by atoms with E-state index in [1.807, 2.05) is 0 Å². The van der Waals surface area contributed by atoms with E-state index in [1.165, 1.54) is 0 Å². The molecule has 1 heterocycles. The third-order valence-electron chi connectivity index (χ3n) is 4.18. The van der Waals surface area contributed by atoms with E-state index in [2.05, 4.69) is 23.8 Å². The number of aromatic nitrogens is 2. The molecular formula is C15H22N2O3. The van der Waals surface area contributed by atoms with E-state index in [9.17, 15) is 9.59 Å². The second kappa shape index (κ2) is 5.38. The van der Waals surface area contributed by atoms with Crippen LogP contribution >= 0.6 is 0 Å². The van der Waals surface area contributed by atoms with Gasteiger partial charge >= 0.3 is 5.97 Å². The number of nitrogens with zero attached hydrogens (tertiary/aromatic N) is 1. The van der Waals surface area contributed by atoms with Crippen LogP contribution in [0.2, 0.25) is 0 Å². The van der Waals surface area contributed by atoms with E-state index in [-0.39, 0.29) is 11.0 Å². The van der Waals surface area contributed by atoms with Crippen molar-refractivity contribution in [1.82, 2.24) is 9.97 Å². The van der Waals surface area contributed by atoms with Gasteiger partial charge < -0.3 is 10.1 Å². The molecule has 1 aromatic heterocycles. The molecule has 0 unspecified atom stereocenters. The van der Waals surface area contributed by atoms with Gasteiger partial charge in [-0.1, -0.05) is 26.7 Å². The molecule has 20 heavy (non-hydrogen) atoms. The second-order valence-corrected chi connectivity index (χ2v) is 6.27. The first-order valence-corrected chi connectivity index (χ1v) is 7.20. The van der Waals surface area contributed by atoms with Crippen LogP contribution in [0.5, 0.6) is 0 Å². The van der Waals surface area contributed by atoms with Gasteiger partial charge in [0, 0.05) is 5.41 Å². The van der Waals surface area contributed by atoms with Crippen molar-refractivity contribution in [3.63, 3.8) is 0 Å². The minimum atomic E-state index is -1.22. The van der Waals surface area contributed by atoms with Gasteiger partial charge in [0.25, 0.3) is 5.56 Å². The maximum Gasteiger partial charge on any atom is 0.343 e. The lowest BCUT2D eigenvalue weighted by Gasteiger charge is -2.30. The molecular weight excluding hydrogens is 256 g/mol. The average Bonchev–Trinajstić information content (AvgIpc) is 2.76. The molecule has 1 saturated carbocycles. The van der Waals surface area contributed by atoms with Crippen LogP contribution in [0.3, 0.4) is 0 Å². The number of nitrogens with one attached hydrogen (secondary N) is 1. The first-order valence-electron chi connectivity index (χ1n) is 7.20. The topological polar surface area (TPSA) is 83.0 Å². The molecule has 5 nitrogen and oxygen atoms in total. The number of aromatic amines is 1. The Bertz CT molecular complexity index is 569. The highest BCUT2D eigenvalue weighted by Gasteiger charge is 2.39. The SMILES string of the molecule is Cc1nc(C2(CC(C)C)CCCC2)[nH]c(=O)c1C(=O)O. The van der Waals surface area contributed by atoms with Gasteiger partial charge in [0.1, 0.15) is 11.4 Å². The molecule has 1 fully saturated rings. The fraction of sp³-hybridized carbons (Fsp3) is 0.667. The molecule has 0 bridgehead atoms. The molecule has 0 radical (unpaired) electrons. The Morgan fingerprint density at radius 3 is 2.45 bits per heavy atom. The highest BCUT2D eigenvalue weighted by atomic mass is 16.4. The highest BCUT2D eigenvalue weighted by Crippen LogP contribution is 2.43. The summed E-state index contributed by atoms with van der Waals surface area (Å²) >= 11 is 0. The molecule has 0 amide bonds. The molecule has 110 valence electrons. The fourth-order valence-electron chi connectivity index (χ4n) is 3.46. The Kier molecular flexibility index (Phi) is 3.97. The van der Waals surface area contributed by atoms with Crippen LogP contribution in [-0.4, -0.2) is 21.0 Å². The van der Waals surface area contributed by atoms with Gasteiger partial charge in [-0.15, -0.1) is 0 Å². The quantitative estimate of drug-likeness (QED) is 0.886. The molecule has 0 saturated heterocycles. The number of carbonyl (C=O) groups is 1. The van der Waals surface area contributed by atoms with Gasteiger partial charge in [-0.2, -0.15) is 0 Å². The minimum Gasteiger partial charge on any atom is -0.477 e. The summed E-state index contributed by atoms with van der Waals surface area (Å²) in [5, 5.41) is 9.05. The molecule has 2 N–H and O–H groups in total. The van der Waals surface area contributed by atoms with Gasteiger partial charge in [-0.05, 0) is 32.1 Å². The number of aromatic carboxylic acids is 1. The first-order chi connectivity index (χ1) is 9.35. The molecule has 1 aliphatic rings. The van der Waals surface area contributed by atoms with E-state index in [4.69, 9.17) is 5.11 Å². The third kappa shape index (κ3) is 2.62. The van der Waals surface area contributed by atoms with E-state index >= 15 is 0 Å². The summed E-state index contributed by atoms with van der Waals surface area (Å²) in [5.41, 5.74) is -0.553. The predicted molar refractivity (Wildman–Crippen MR) is 76.2 cm³/mol. The van der Waals surface area contributed by atoms with Crippen molar-refractivity contribution in [2.75, 3.05) is 0 Å². The summed E-state index contributed by atoms with van der Waals surface area (Å²) in [7, 11) is 0. The largest absolute Gasteiger partial charge is 0.477 e. The monoisotopic (exact) mass is 278 g/mol.